The molecule has 0 radical (unpaired) electrons. The summed E-state index contributed by atoms with van der Waals surface area (Å²) in [4.78, 5) is 0. The Kier molecular flexibility index (Phi) is 3.96. The highest BCUT2D eigenvalue weighted by molar-refractivity contribution is 5.63. The molecule has 2 aromatic rings. The van der Waals surface area contributed by atoms with Crippen molar-refractivity contribution in [3.05, 3.63) is 71.8 Å². The van der Waals surface area contributed by atoms with Crippen molar-refractivity contribution in [2.45, 2.75) is 20.0 Å². The first-order chi connectivity index (χ1) is 8.66. The van der Waals surface area contributed by atoms with Gasteiger partial charge in [0.15, 0.2) is 0 Å². The van der Waals surface area contributed by atoms with Crippen molar-refractivity contribution in [2.24, 2.45) is 0 Å². The fourth-order valence-corrected chi connectivity index (χ4v) is 1.92. The third-order valence-corrected chi connectivity index (χ3v) is 2.85. The van der Waals surface area contributed by atoms with E-state index in [1.165, 1.54) is 11.1 Å². The third kappa shape index (κ3) is 3.08. The molecule has 0 heterocycles. The molecule has 0 bridgehead atoms. The van der Waals surface area contributed by atoms with Crippen LogP contribution in [0.5, 0.6) is 0 Å². The number of hydrogen-bond donors (Lipinski definition) is 1. The van der Waals surface area contributed by atoms with Crippen LogP contribution in [0, 0.1) is 0 Å². The van der Waals surface area contributed by atoms with E-state index in [1.54, 1.807) is 0 Å². The molecule has 1 unspecified atom stereocenters. The van der Waals surface area contributed by atoms with Gasteiger partial charge in [-0.1, -0.05) is 66.2 Å². The lowest BCUT2D eigenvalue weighted by Crippen LogP contribution is -1.93. The van der Waals surface area contributed by atoms with Crippen LogP contribution in [0.25, 0.3) is 11.1 Å². The van der Waals surface area contributed by atoms with E-state index in [2.05, 4.69) is 12.1 Å². The van der Waals surface area contributed by atoms with Crippen molar-refractivity contribution in [1.82, 2.24) is 0 Å². The second kappa shape index (κ2) is 5.65. The summed E-state index contributed by atoms with van der Waals surface area (Å²) in [6.45, 7) is 3.98. The molecule has 1 atom stereocenters. The summed E-state index contributed by atoms with van der Waals surface area (Å²) in [5.74, 6) is 0. The molecule has 0 aliphatic carbocycles. The zero-order valence-electron chi connectivity index (χ0n) is 10.8. The van der Waals surface area contributed by atoms with Crippen molar-refractivity contribution < 1.29 is 5.11 Å². The maximum Gasteiger partial charge on any atom is 0.0974 e. The van der Waals surface area contributed by atoms with E-state index in [4.69, 9.17) is 0 Å². The summed E-state index contributed by atoms with van der Waals surface area (Å²) in [6, 6.07) is 18.3. The van der Waals surface area contributed by atoms with Crippen LogP contribution in [0.2, 0.25) is 0 Å². The van der Waals surface area contributed by atoms with Crippen LogP contribution >= 0.6 is 0 Å². The average molecular weight is 238 g/mol. The first-order valence-corrected chi connectivity index (χ1v) is 6.15. The van der Waals surface area contributed by atoms with Crippen LogP contribution in [0.4, 0.5) is 0 Å². The second-order valence-corrected chi connectivity index (χ2v) is 4.68. The molecule has 1 nitrogen and oxygen atoms in total. The van der Waals surface area contributed by atoms with Gasteiger partial charge in [0.2, 0.25) is 0 Å². The standard InChI is InChI=1S/C17H18O/c1-13(2)12-17(18)16-10-8-15(9-11-16)14-6-4-3-5-7-14/h3-12,17-18H,1-2H3. The smallest absolute Gasteiger partial charge is 0.0974 e. The molecule has 0 amide bonds. The molecule has 1 N–H and O–H groups in total. The molecule has 0 aliphatic rings. The van der Waals surface area contributed by atoms with E-state index >= 15 is 0 Å². The largest absolute Gasteiger partial charge is 0.384 e. The predicted octanol–water partition coefficient (Wildman–Crippen LogP) is 4.35. The number of benzene rings is 2. The SMILES string of the molecule is CC(C)=CC(O)c1ccc(-c2ccccc2)cc1. The molecule has 0 fully saturated rings. The topological polar surface area (TPSA) is 20.2 Å². The summed E-state index contributed by atoms with van der Waals surface area (Å²) in [6.07, 6.45) is 1.34. The number of aliphatic hydroxyl groups excluding tert-OH is 1. The van der Waals surface area contributed by atoms with Crippen LogP contribution in [0.15, 0.2) is 66.2 Å². The minimum Gasteiger partial charge on any atom is -0.384 e. The normalized spacial score (nSPS) is 11.9. The minimum absolute atomic E-state index is 0.514. The molecule has 1 heteroatoms. The second-order valence-electron chi connectivity index (χ2n) is 4.68. The molecular weight excluding hydrogens is 220 g/mol. The molecule has 18 heavy (non-hydrogen) atoms. The molecule has 0 saturated carbocycles. The van der Waals surface area contributed by atoms with Crippen molar-refractivity contribution in [2.75, 3.05) is 0 Å². The van der Waals surface area contributed by atoms with Crippen LogP contribution in [0.1, 0.15) is 25.5 Å². The molecule has 2 aromatic carbocycles. The lowest BCUT2D eigenvalue weighted by Gasteiger charge is -2.08. The molecular formula is C17H18O. The van der Waals surface area contributed by atoms with Crippen LogP contribution < -0.4 is 0 Å². The highest BCUT2D eigenvalue weighted by Gasteiger charge is 2.04. The summed E-state index contributed by atoms with van der Waals surface area (Å²) in [5, 5.41) is 9.98. The molecule has 0 aromatic heterocycles. The maximum absolute atomic E-state index is 9.98. The van der Waals surface area contributed by atoms with Gasteiger partial charge in [-0.15, -0.1) is 0 Å². The molecule has 2 rings (SSSR count). The van der Waals surface area contributed by atoms with Gasteiger partial charge in [0.05, 0.1) is 6.10 Å². The average Bonchev–Trinajstić information content (AvgIpc) is 2.39. The van der Waals surface area contributed by atoms with Crippen LogP contribution in [-0.2, 0) is 0 Å². The number of aliphatic hydroxyl groups is 1. The van der Waals surface area contributed by atoms with Gasteiger partial charge in [-0.25, -0.2) is 0 Å². The van der Waals surface area contributed by atoms with Gasteiger partial charge >= 0.3 is 0 Å². The van der Waals surface area contributed by atoms with Gasteiger partial charge in [-0.3, -0.25) is 0 Å². The molecule has 92 valence electrons. The van der Waals surface area contributed by atoms with Gasteiger partial charge in [0, 0.05) is 0 Å². The summed E-state index contributed by atoms with van der Waals surface area (Å²) in [7, 11) is 0. The Labute approximate surface area is 108 Å². The molecule has 0 saturated heterocycles. The monoisotopic (exact) mass is 238 g/mol. The molecule has 0 spiro atoms. The van der Waals surface area contributed by atoms with Crippen molar-refractivity contribution in [1.29, 1.82) is 0 Å². The maximum atomic E-state index is 9.98. The van der Waals surface area contributed by atoms with Gasteiger partial charge in [0.25, 0.3) is 0 Å². The number of hydrogen-bond acceptors (Lipinski definition) is 1. The van der Waals surface area contributed by atoms with E-state index < -0.39 is 6.10 Å². The highest BCUT2D eigenvalue weighted by Crippen LogP contribution is 2.22. The Hall–Kier alpha value is -1.86. The Morgan fingerprint density at radius 1 is 0.889 bits per heavy atom. The third-order valence-electron chi connectivity index (χ3n) is 2.85. The van der Waals surface area contributed by atoms with E-state index in [0.29, 0.717) is 0 Å². The summed E-state index contributed by atoms with van der Waals surface area (Å²) >= 11 is 0. The predicted molar refractivity (Wildman–Crippen MR) is 76.3 cm³/mol. The van der Waals surface area contributed by atoms with Gasteiger partial charge < -0.3 is 5.11 Å². The summed E-state index contributed by atoms with van der Waals surface area (Å²) < 4.78 is 0. The lowest BCUT2D eigenvalue weighted by atomic mass is 10.0. The van der Waals surface area contributed by atoms with Crippen LogP contribution in [0.3, 0.4) is 0 Å². The minimum atomic E-state index is -0.514. The Balaban J connectivity index is 2.23. The Bertz CT molecular complexity index is 519. The quantitative estimate of drug-likeness (QED) is 0.788. The zero-order chi connectivity index (χ0) is 13.0. The van der Waals surface area contributed by atoms with Gasteiger partial charge in [-0.2, -0.15) is 0 Å². The van der Waals surface area contributed by atoms with Crippen molar-refractivity contribution in [3.8, 4) is 11.1 Å². The van der Waals surface area contributed by atoms with E-state index in [-0.39, 0.29) is 0 Å². The van der Waals surface area contributed by atoms with Crippen molar-refractivity contribution in [3.63, 3.8) is 0 Å². The first kappa shape index (κ1) is 12.6. The van der Waals surface area contributed by atoms with E-state index in [1.807, 2.05) is 62.4 Å². The van der Waals surface area contributed by atoms with E-state index in [9.17, 15) is 5.11 Å². The fraction of sp³-hybridized carbons (Fsp3) is 0.176. The highest BCUT2D eigenvalue weighted by atomic mass is 16.3. The first-order valence-electron chi connectivity index (χ1n) is 6.15. The van der Waals surface area contributed by atoms with Gasteiger partial charge in [-0.05, 0) is 30.5 Å². The number of allylic oxidation sites excluding steroid dienone is 1. The lowest BCUT2D eigenvalue weighted by molar-refractivity contribution is 0.228. The zero-order valence-corrected chi connectivity index (χ0v) is 10.8. The number of rotatable bonds is 3. The van der Waals surface area contributed by atoms with Gasteiger partial charge in [0.1, 0.15) is 0 Å². The molecule has 0 aliphatic heterocycles. The fourth-order valence-electron chi connectivity index (χ4n) is 1.92. The van der Waals surface area contributed by atoms with E-state index in [0.717, 1.165) is 11.1 Å². The van der Waals surface area contributed by atoms with Crippen molar-refractivity contribution >= 4 is 0 Å². The Morgan fingerprint density at radius 2 is 1.44 bits per heavy atom. The summed E-state index contributed by atoms with van der Waals surface area (Å²) in [5.41, 5.74) is 4.41. The Morgan fingerprint density at radius 3 is 2.00 bits per heavy atom. The van der Waals surface area contributed by atoms with Crippen LogP contribution in [-0.4, -0.2) is 5.11 Å².